The Balaban J connectivity index is 2.41. The average molecular weight is 252 g/mol. The molecular weight excluding hydrogens is 228 g/mol. The van der Waals surface area contributed by atoms with Crippen LogP contribution in [0.4, 0.5) is 5.69 Å². The van der Waals surface area contributed by atoms with Crippen molar-refractivity contribution < 1.29 is 9.84 Å². The van der Waals surface area contributed by atoms with Gasteiger partial charge in [0.1, 0.15) is 5.75 Å². The highest BCUT2D eigenvalue weighted by atomic mass is 16.5. The van der Waals surface area contributed by atoms with Crippen LogP contribution in [-0.2, 0) is 6.42 Å². The molecule has 18 heavy (non-hydrogen) atoms. The monoisotopic (exact) mass is 252 g/mol. The van der Waals surface area contributed by atoms with Crippen LogP contribution in [-0.4, -0.2) is 43.4 Å². The van der Waals surface area contributed by atoms with E-state index in [9.17, 15) is 0 Å². The third-order valence-corrected chi connectivity index (χ3v) is 3.10. The number of nitrogens with two attached hydrogens (primary N) is 1. The summed E-state index contributed by atoms with van der Waals surface area (Å²) in [6, 6.07) is 5.94. The van der Waals surface area contributed by atoms with Gasteiger partial charge in [0, 0.05) is 6.54 Å². The number of aryl methyl sites for hydroxylation is 1. The maximum absolute atomic E-state index is 8.91. The van der Waals surface area contributed by atoms with Crippen molar-refractivity contribution in [1.82, 2.24) is 4.90 Å². The lowest BCUT2D eigenvalue weighted by Gasteiger charge is -2.18. The number of likely N-dealkylation sites (N-methyl/N-ethyl adjacent to an activating group) is 1. The van der Waals surface area contributed by atoms with Crippen LogP contribution in [0, 0.1) is 0 Å². The second-order valence-corrected chi connectivity index (χ2v) is 4.34. The number of hydrogen-bond acceptors (Lipinski definition) is 4. The van der Waals surface area contributed by atoms with Crippen molar-refractivity contribution in [2.75, 3.05) is 39.1 Å². The highest BCUT2D eigenvalue weighted by molar-refractivity contribution is 5.54. The Morgan fingerprint density at radius 2 is 2.11 bits per heavy atom. The van der Waals surface area contributed by atoms with Gasteiger partial charge in [-0.05, 0) is 43.6 Å². The van der Waals surface area contributed by atoms with Gasteiger partial charge in [0.25, 0.3) is 0 Å². The summed E-state index contributed by atoms with van der Waals surface area (Å²) < 4.78 is 5.13. The smallest absolute Gasteiger partial charge is 0.141 e. The number of anilines is 1. The second kappa shape index (κ2) is 7.95. The molecule has 102 valence electrons. The molecule has 0 heterocycles. The summed E-state index contributed by atoms with van der Waals surface area (Å²) in [5.74, 6) is 0.731. The molecule has 4 heteroatoms. The van der Waals surface area contributed by atoms with Gasteiger partial charge in [-0.2, -0.15) is 0 Å². The van der Waals surface area contributed by atoms with E-state index >= 15 is 0 Å². The van der Waals surface area contributed by atoms with Crippen LogP contribution in [0.25, 0.3) is 0 Å². The molecule has 0 aliphatic heterocycles. The fourth-order valence-corrected chi connectivity index (χ4v) is 2.02. The van der Waals surface area contributed by atoms with Crippen molar-refractivity contribution in [3.8, 4) is 5.75 Å². The van der Waals surface area contributed by atoms with E-state index in [4.69, 9.17) is 15.6 Å². The minimum atomic E-state index is 0.226. The van der Waals surface area contributed by atoms with Crippen LogP contribution < -0.4 is 10.5 Å². The van der Waals surface area contributed by atoms with E-state index < -0.39 is 0 Å². The maximum Gasteiger partial charge on any atom is 0.141 e. The normalized spacial score (nSPS) is 10.9. The Kier molecular flexibility index (Phi) is 6.54. The quantitative estimate of drug-likeness (QED) is 0.689. The summed E-state index contributed by atoms with van der Waals surface area (Å²) >= 11 is 0. The van der Waals surface area contributed by atoms with Crippen molar-refractivity contribution in [2.45, 2.75) is 19.8 Å². The minimum absolute atomic E-state index is 0.226. The maximum atomic E-state index is 8.91. The van der Waals surface area contributed by atoms with Gasteiger partial charge in [-0.15, -0.1) is 0 Å². The second-order valence-electron chi connectivity index (χ2n) is 4.34. The summed E-state index contributed by atoms with van der Waals surface area (Å²) in [5, 5.41) is 8.91. The molecule has 0 fully saturated rings. The van der Waals surface area contributed by atoms with Gasteiger partial charge in [-0.25, -0.2) is 0 Å². The molecular formula is C14H24N2O2. The molecule has 3 N–H and O–H groups in total. The Morgan fingerprint density at radius 1 is 1.33 bits per heavy atom. The fraction of sp³-hybridized carbons (Fsp3) is 0.571. The number of benzene rings is 1. The van der Waals surface area contributed by atoms with E-state index in [-0.39, 0.29) is 6.61 Å². The Morgan fingerprint density at radius 3 is 2.67 bits per heavy atom. The van der Waals surface area contributed by atoms with Gasteiger partial charge in [0.05, 0.1) is 19.4 Å². The summed E-state index contributed by atoms with van der Waals surface area (Å²) in [7, 11) is 1.62. The number of aliphatic hydroxyl groups is 1. The van der Waals surface area contributed by atoms with Crippen LogP contribution >= 0.6 is 0 Å². The summed E-state index contributed by atoms with van der Waals surface area (Å²) in [5.41, 5.74) is 7.79. The van der Waals surface area contributed by atoms with Gasteiger partial charge in [-0.1, -0.05) is 13.0 Å². The zero-order valence-corrected chi connectivity index (χ0v) is 11.4. The third-order valence-electron chi connectivity index (χ3n) is 3.10. The predicted molar refractivity (Wildman–Crippen MR) is 74.9 cm³/mol. The van der Waals surface area contributed by atoms with Crippen molar-refractivity contribution in [1.29, 1.82) is 0 Å². The standard InChI is InChI=1S/C14H24N2O2/c1-3-16(9-10-17)8-4-5-12-6-7-14(18-2)13(15)11-12/h6-7,11,17H,3-5,8-10,15H2,1-2H3. The molecule has 0 aliphatic carbocycles. The van der Waals surface area contributed by atoms with Crippen LogP contribution in [0.2, 0.25) is 0 Å². The van der Waals surface area contributed by atoms with Gasteiger partial charge < -0.3 is 20.5 Å². The zero-order valence-electron chi connectivity index (χ0n) is 11.4. The Labute approximate surface area is 109 Å². The first-order valence-electron chi connectivity index (χ1n) is 6.46. The van der Waals surface area contributed by atoms with E-state index in [0.717, 1.165) is 38.2 Å². The van der Waals surface area contributed by atoms with Crippen molar-refractivity contribution in [2.24, 2.45) is 0 Å². The van der Waals surface area contributed by atoms with Gasteiger partial charge >= 0.3 is 0 Å². The van der Waals surface area contributed by atoms with E-state index in [1.54, 1.807) is 7.11 Å². The van der Waals surface area contributed by atoms with E-state index in [1.807, 2.05) is 12.1 Å². The largest absolute Gasteiger partial charge is 0.495 e. The van der Waals surface area contributed by atoms with Gasteiger partial charge in [-0.3, -0.25) is 0 Å². The summed E-state index contributed by atoms with van der Waals surface area (Å²) in [4.78, 5) is 2.24. The molecule has 0 amide bonds. The zero-order chi connectivity index (χ0) is 13.4. The summed E-state index contributed by atoms with van der Waals surface area (Å²) in [6.45, 7) is 5.07. The molecule has 0 atom stereocenters. The first-order chi connectivity index (χ1) is 8.71. The molecule has 0 saturated carbocycles. The molecule has 0 unspecified atom stereocenters. The summed E-state index contributed by atoms with van der Waals surface area (Å²) in [6.07, 6.45) is 2.07. The first kappa shape index (κ1) is 14.8. The van der Waals surface area contributed by atoms with Crippen LogP contribution in [0.1, 0.15) is 18.9 Å². The van der Waals surface area contributed by atoms with E-state index in [0.29, 0.717) is 5.69 Å². The molecule has 0 aromatic heterocycles. The van der Waals surface area contributed by atoms with Crippen molar-refractivity contribution >= 4 is 5.69 Å². The van der Waals surface area contributed by atoms with Crippen molar-refractivity contribution in [3.63, 3.8) is 0 Å². The minimum Gasteiger partial charge on any atom is -0.495 e. The average Bonchev–Trinajstić information content (AvgIpc) is 2.38. The SMILES string of the molecule is CCN(CCO)CCCc1ccc(OC)c(N)c1. The molecule has 1 aromatic carbocycles. The number of rotatable bonds is 8. The number of hydrogen-bond donors (Lipinski definition) is 2. The number of nitrogens with zero attached hydrogens (tertiary/aromatic N) is 1. The lowest BCUT2D eigenvalue weighted by molar-refractivity contribution is 0.200. The van der Waals surface area contributed by atoms with Crippen LogP contribution in [0.5, 0.6) is 5.75 Å². The topological polar surface area (TPSA) is 58.7 Å². The van der Waals surface area contributed by atoms with E-state index in [2.05, 4.69) is 17.9 Å². The van der Waals surface area contributed by atoms with Gasteiger partial charge in [0.15, 0.2) is 0 Å². The Hall–Kier alpha value is -1.26. The fourth-order valence-electron chi connectivity index (χ4n) is 2.02. The molecule has 0 bridgehead atoms. The number of aliphatic hydroxyl groups excluding tert-OH is 1. The molecule has 1 rings (SSSR count). The third kappa shape index (κ3) is 4.55. The predicted octanol–water partition coefficient (Wildman–Crippen LogP) is 1.52. The van der Waals surface area contributed by atoms with Gasteiger partial charge in [0.2, 0.25) is 0 Å². The first-order valence-corrected chi connectivity index (χ1v) is 6.46. The van der Waals surface area contributed by atoms with Crippen LogP contribution in [0.15, 0.2) is 18.2 Å². The van der Waals surface area contributed by atoms with E-state index in [1.165, 1.54) is 5.56 Å². The molecule has 1 aromatic rings. The number of ether oxygens (including phenoxy) is 1. The Bertz CT molecular complexity index is 356. The lowest BCUT2D eigenvalue weighted by atomic mass is 10.1. The lowest BCUT2D eigenvalue weighted by Crippen LogP contribution is -2.27. The molecule has 0 saturated heterocycles. The number of nitrogen functional groups attached to an aromatic ring is 1. The highest BCUT2D eigenvalue weighted by Crippen LogP contribution is 2.22. The van der Waals surface area contributed by atoms with Crippen LogP contribution in [0.3, 0.4) is 0 Å². The molecule has 4 nitrogen and oxygen atoms in total. The highest BCUT2D eigenvalue weighted by Gasteiger charge is 2.03. The molecule has 0 spiro atoms. The molecule has 0 radical (unpaired) electrons. The van der Waals surface area contributed by atoms with Crippen molar-refractivity contribution in [3.05, 3.63) is 23.8 Å². The number of methoxy groups -OCH3 is 1. The molecule has 0 aliphatic rings.